The molecule has 0 spiro atoms. The monoisotopic (exact) mass is 255 g/mol. The molecule has 0 radical (unpaired) electrons. The highest BCUT2D eigenvalue weighted by molar-refractivity contribution is 5.75. The van der Waals surface area contributed by atoms with Gasteiger partial charge in [-0.3, -0.25) is 10.0 Å². The van der Waals surface area contributed by atoms with Crippen molar-refractivity contribution in [3.63, 3.8) is 0 Å². The van der Waals surface area contributed by atoms with E-state index in [1.807, 2.05) is 6.92 Å². The Morgan fingerprint density at radius 1 is 1.56 bits per heavy atom. The van der Waals surface area contributed by atoms with Gasteiger partial charge in [0.2, 0.25) is 5.91 Å². The lowest BCUT2D eigenvalue weighted by molar-refractivity contribution is -0.131. The molecule has 0 bridgehead atoms. The van der Waals surface area contributed by atoms with Crippen LogP contribution in [0.1, 0.15) is 24.0 Å². The van der Waals surface area contributed by atoms with Crippen molar-refractivity contribution in [1.29, 1.82) is 0 Å². The molecule has 0 fully saturated rings. The quantitative estimate of drug-likeness (QED) is 0.603. The standard InChI is InChI=1S/C13H18FNO3/c1-9-7-11(14)5-3-10(9)4-6-12(18-2)8-13(16)15-17/h3,5,7,12,17H,4,6,8H2,1-2H3,(H,15,16). The Kier molecular flexibility index (Phi) is 5.74. The van der Waals surface area contributed by atoms with Gasteiger partial charge < -0.3 is 4.74 Å². The lowest BCUT2D eigenvalue weighted by Gasteiger charge is -2.14. The van der Waals surface area contributed by atoms with Crippen LogP contribution in [0, 0.1) is 12.7 Å². The van der Waals surface area contributed by atoms with Gasteiger partial charge in [0.25, 0.3) is 0 Å². The van der Waals surface area contributed by atoms with E-state index in [0.717, 1.165) is 11.1 Å². The van der Waals surface area contributed by atoms with E-state index >= 15 is 0 Å². The summed E-state index contributed by atoms with van der Waals surface area (Å²) < 4.78 is 18.1. The van der Waals surface area contributed by atoms with Crippen molar-refractivity contribution in [2.24, 2.45) is 0 Å². The zero-order chi connectivity index (χ0) is 13.5. The number of aryl methyl sites for hydroxylation is 2. The van der Waals surface area contributed by atoms with E-state index in [1.54, 1.807) is 11.5 Å². The van der Waals surface area contributed by atoms with E-state index in [-0.39, 0.29) is 18.3 Å². The third kappa shape index (κ3) is 4.43. The number of hydroxylamine groups is 1. The Morgan fingerprint density at radius 2 is 2.28 bits per heavy atom. The van der Waals surface area contributed by atoms with Crippen LogP contribution in [-0.4, -0.2) is 24.3 Å². The first-order valence-corrected chi connectivity index (χ1v) is 5.77. The van der Waals surface area contributed by atoms with Crippen LogP contribution in [0.2, 0.25) is 0 Å². The first kappa shape index (κ1) is 14.6. The number of carbonyl (C=O) groups is 1. The number of hydrogen-bond donors (Lipinski definition) is 2. The summed E-state index contributed by atoms with van der Waals surface area (Å²) in [4.78, 5) is 11.0. The number of halogens is 1. The maximum Gasteiger partial charge on any atom is 0.245 e. The minimum absolute atomic E-state index is 0.104. The predicted molar refractivity (Wildman–Crippen MR) is 64.8 cm³/mol. The molecule has 100 valence electrons. The van der Waals surface area contributed by atoms with Crippen molar-refractivity contribution >= 4 is 5.91 Å². The number of benzene rings is 1. The maximum atomic E-state index is 12.9. The second kappa shape index (κ2) is 7.08. The second-order valence-electron chi connectivity index (χ2n) is 4.21. The van der Waals surface area contributed by atoms with Crippen LogP contribution in [0.3, 0.4) is 0 Å². The number of rotatable bonds is 6. The van der Waals surface area contributed by atoms with Gasteiger partial charge in [0, 0.05) is 7.11 Å². The Balaban J connectivity index is 2.54. The van der Waals surface area contributed by atoms with Crippen molar-refractivity contribution in [2.45, 2.75) is 32.3 Å². The maximum absolute atomic E-state index is 12.9. The van der Waals surface area contributed by atoms with Crippen LogP contribution >= 0.6 is 0 Å². The molecule has 5 heteroatoms. The number of hydrogen-bond acceptors (Lipinski definition) is 3. The molecule has 4 nitrogen and oxygen atoms in total. The average Bonchev–Trinajstić information content (AvgIpc) is 2.35. The highest BCUT2D eigenvalue weighted by Crippen LogP contribution is 2.15. The molecule has 0 saturated heterocycles. The summed E-state index contributed by atoms with van der Waals surface area (Å²) in [5.41, 5.74) is 3.49. The summed E-state index contributed by atoms with van der Waals surface area (Å²) in [5, 5.41) is 8.44. The number of ether oxygens (including phenoxy) is 1. The molecule has 1 aromatic rings. The fourth-order valence-electron chi connectivity index (χ4n) is 1.81. The number of carbonyl (C=O) groups excluding carboxylic acids is 1. The lowest BCUT2D eigenvalue weighted by Crippen LogP contribution is -2.25. The van der Waals surface area contributed by atoms with Crippen molar-refractivity contribution in [2.75, 3.05) is 7.11 Å². The van der Waals surface area contributed by atoms with Gasteiger partial charge in [0.15, 0.2) is 0 Å². The van der Waals surface area contributed by atoms with E-state index in [9.17, 15) is 9.18 Å². The molecule has 0 saturated carbocycles. The lowest BCUT2D eigenvalue weighted by atomic mass is 10.0. The zero-order valence-corrected chi connectivity index (χ0v) is 10.6. The first-order chi connectivity index (χ1) is 8.56. The van der Waals surface area contributed by atoms with E-state index in [2.05, 4.69) is 0 Å². The van der Waals surface area contributed by atoms with Gasteiger partial charge in [-0.1, -0.05) is 6.07 Å². The van der Waals surface area contributed by atoms with E-state index < -0.39 is 5.91 Å². The first-order valence-electron chi connectivity index (χ1n) is 5.77. The van der Waals surface area contributed by atoms with Gasteiger partial charge in [-0.05, 0) is 43.0 Å². The normalized spacial score (nSPS) is 12.2. The average molecular weight is 255 g/mol. The van der Waals surface area contributed by atoms with Crippen LogP contribution < -0.4 is 5.48 Å². The Morgan fingerprint density at radius 3 is 2.83 bits per heavy atom. The van der Waals surface area contributed by atoms with Gasteiger partial charge in [0.05, 0.1) is 12.5 Å². The molecule has 1 unspecified atom stereocenters. The minimum atomic E-state index is -0.474. The molecule has 18 heavy (non-hydrogen) atoms. The summed E-state index contributed by atoms with van der Waals surface area (Å²) in [6, 6.07) is 4.64. The molecule has 0 heterocycles. The zero-order valence-electron chi connectivity index (χ0n) is 10.6. The van der Waals surface area contributed by atoms with E-state index in [4.69, 9.17) is 9.94 Å². The van der Waals surface area contributed by atoms with Crippen molar-refractivity contribution in [3.05, 3.63) is 35.1 Å². The van der Waals surface area contributed by atoms with Crippen LogP contribution in [0.15, 0.2) is 18.2 Å². The Labute approximate surface area is 106 Å². The Hall–Kier alpha value is -1.46. The van der Waals surface area contributed by atoms with Gasteiger partial charge in [-0.15, -0.1) is 0 Å². The molecular weight excluding hydrogens is 237 g/mol. The van der Waals surface area contributed by atoms with Crippen LogP contribution in [0.25, 0.3) is 0 Å². The summed E-state index contributed by atoms with van der Waals surface area (Å²) in [6.45, 7) is 1.85. The summed E-state index contributed by atoms with van der Waals surface area (Å²) in [7, 11) is 1.52. The molecule has 0 aliphatic rings. The van der Waals surface area contributed by atoms with Gasteiger partial charge in [-0.2, -0.15) is 0 Å². The fourth-order valence-corrected chi connectivity index (χ4v) is 1.81. The number of methoxy groups -OCH3 is 1. The fraction of sp³-hybridized carbons (Fsp3) is 0.462. The molecule has 2 N–H and O–H groups in total. The van der Waals surface area contributed by atoms with Gasteiger partial charge in [0.1, 0.15) is 5.82 Å². The van der Waals surface area contributed by atoms with E-state index in [0.29, 0.717) is 12.8 Å². The summed E-state index contributed by atoms with van der Waals surface area (Å²) in [5.74, 6) is -0.725. The molecule has 1 rings (SSSR count). The smallest absolute Gasteiger partial charge is 0.245 e. The molecule has 1 aromatic carbocycles. The van der Waals surface area contributed by atoms with Crippen molar-refractivity contribution in [3.8, 4) is 0 Å². The van der Waals surface area contributed by atoms with E-state index in [1.165, 1.54) is 19.2 Å². The molecule has 0 aliphatic carbocycles. The molecule has 1 atom stereocenters. The van der Waals surface area contributed by atoms with Crippen molar-refractivity contribution < 1.29 is 19.1 Å². The highest BCUT2D eigenvalue weighted by atomic mass is 19.1. The summed E-state index contributed by atoms with van der Waals surface area (Å²) in [6.07, 6.45) is 1.18. The highest BCUT2D eigenvalue weighted by Gasteiger charge is 2.13. The molecule has 0 aromatic heterocycles. The third-order valence-electron chi connectivity index (χ3n) is 2.91. The predicted octanol–water partition coefficient (Wildman–Crippen LogP) is 1.98. The van der Waals surface area contributed by atoms with Gasteiger partial charge in [-0.25, -0.2) is 9.87 Å². The topological polar surface area (TPSA) is 58.6 Å². The van der Waals surface area contributed by atoms with Crippen LogP contribution in [0.4, 0.5) is 4.39 Å². The van der Waals surface area contributed by atoms with Crippen LogP contribution in [0.5, 0.6) is 0 Å². The van der Waals surface area contributed by atoms with Gasteiger partial charge >= 0.3 is 0 Å². The second-order valence-corrected chi connectivity index (χ2v) is 4.21. The van der Waals surface area contributed by atoms with Crippen LogP contribution in [-0.2, 0) is 16.0 Å². The SMILES string of the molecule is COC(CCc1ccc(F)cc1C)CC(=O)NO. The number of amides is 1. The largest absolute Gasteiger partial charge is 0.381 e. The minimum Gasteiger partial charge on any atom is -0.381 e. The molecular formula is C13H18FNO3. The Bertz CT molecular complexity index is 409. The number of nitrogens with one attached hydrogen (secondary N) is 1. The molecule has 1 amide bonds. The summed E-state index contributed by atoms with van der Waals surface area (Å²) >= 11 is 0. The molecule has 0 aliphatic heterocycles. The van der Waals surface area contributed by atoms with Crippen molar-refractivity contribution in [1.82, 2.24) is 5.48 Å². The third-order valence-corrected chi connectivity index (χ3v) is 2.91.